The molecule has 0 aliphatic carbocycles. The average molecular weight is 483 g/mol. The van der Waals surface area contributed by atoms with Crippen LogP contribution in [-0.4, -0.2) is 38.6 Å². The zero-order chi connectivity index (χ0) is 24.0. The maximum Gasteiger partial charge on any atom is 0.573 e. The number of ether oxygens (including phenoxy) is 1. The van der Waals surface area contributed by atoms with Crippen molar-refractivity contribution in [1.82, 2.24) is 14.9 Å². The Hall–Kier alpha value is -3.81. The summed E-state index contributed by atoms with van der Waals surface area (Å²) in [5.74, 6) is 4.73. The first kappa shape index (κ1) is 23.8. The maximum atomic E-state index is 13.0. The van der Waals surface area contributed by atoms with E-state index in [-0.39, 0.29) is 28.4 Å². The van der Waals surface area contributed by atoms with Crippen LogP contribution >= 0.6 is 11.8 Å². The molecule has 0 unspecified atom stereocenters. The number of rotatable bonds is 8. The molecule has 3 aromatic rings. The maximum absolute atomic E-state index is 13.0. The first-order chi connectivity index (χ1) is 15.6. The minimum absolute atomic E-state index is 0.0893. The summed E-state index contributed by atoms with van der Waals surface area (Å²) in [6.07, 6.45) is -4.79. The number of aromatic nitrogens is 3. The summed E-state index contributed by atoms with van der Waals surface area (Å²) in [7, 11) is 0. The lowest BCUT2D eigenvalue weighted by Gasteiger charge is -2.10. The minimum Gasteiger partial charge on any atom is -0.406 e. The molecule has 174 valence electrons. The van der Waals surface area contributed by atoms with Crippen LogP contribution in [-0.2, 0) is 4.79 Å². The van der Waals surface area contributed by atoms with Crippen molar-refractivity contribution in [3.63, 3.8) is 0 Å². The van der Waals surface area contributed by atoms with Crippen molar-refractivity contribution >= 4 is 35.0 Å². The Kier molecular flexibility index (Phi) is 7.37. The van der Waals surface area contributed by atoms with Crippen molar-refractivity contribution in [3.05, 3.63) is 59.9 Å². The third-order valence-electron chi connectivity index (χ3n) is 3.95. The Morgan fingerprint density at radius 1 is 1.15 bits per heavy atom. The van der Waals surface area contributed by atoms with Crippen LogP contribution in [0.5, 0.6) is 5.75 Å². The van der Waals surface area contributed by atoms with Gasteiger partial charge >= 0.3 is 6.36 Å². The fraction of sp³-hybridized carbons (Fsp3) is 0.158. The van der Waals surface area contributed by atoms with Crippen LogP contribution in [0.2, 0.25) is 0 Å². The topological polar surface area (TPSA) is 119 Å². The molecule has 1 amide bonds. The van der Waals surface area contributed by atoms with E-state index in [1.165, 1.54) is 24.3 Å². The van der Waals surface area contributed by atoms with E-state index in [9.17, 15) is 22.4 Å². The van der Waals surface area contributed by atoms with Gasteiger partial charge in [0.25, 0.3) is 5.95 Å². The number of amides is 1. The molecule has 9 nitrogen and oxygen atoms in total. The molecule has 0 radical (unpaired) electrons. The SMILES string of the molecule is C/C(=N\Nc1nnc(SCC(=O)Nc2ccc(OC(F)(F)F)cc2)n1N)c1ccc(F)cc1. The number of nitrogens with two attached hydrogens (primary N) is 1. The molecule has 0 atom stereocenters. The number of alkyl halides is 3. The zero-order valence-electron chi connectivity index (χ0n) is 16.9. The number of hydrogen-bond acceptors (Lipinski definition) is 8. The highest BCUT2D eigenvalue weighted by Crippen LogP contribution is 2.24. The molecular formula is C19H17F4N7O2S. The first-order valence-electron chi connectivity index (χ1n) is 9.16. The van der Waals surface area contributed by atoms with Crippen LogP contribution in [0.15, 0.2) is 58.8 Å². The van der Waals surface area contributed by atoms with E-state index >= 15 is 0 Å². The molecule has 0 saturated carbocycles. The fourth-order valence-corrected chi connectivity index (χ4v) is 3.06. The van der Waals surface area contributed by atoms with Gasteiger partial charge in [0.2, 0.25) is 11.1 Å². The Morgan fingerprint density at radius 3 is 2.45 bits per heavy atom. The Bertz CT molecular complexity index is 1130. The number of carbonyl (C=O) groups is 1. The van der Waals surface area contributed by atoms with Crippen molar-refractivity contribution in [2.45, 2.75) is 18.4 Å². The fourth-order valence-electron chi connectivity index (χ4n) is 2.41. The number of nitrogens with one attached hydrogen (secondary N) is 2. The summed E-state index contributed by atoms with van der Waals surface area (Å²) < 4.78 is 54.4. The standard InChI is InChI=1S/C19H17F4N7O2S/c1-11(12-2-4-13(20)5-3-12)26-27-17-28-29-18(30(17)24)33-10-16(31)25-14-6-8-15(9-7-14)32-19(21,22)23/h2-9H,10,24H2,1H3,(H,25,31)(H,27,28)/b26-11+. The highest BCUT2D eigenvalue weighted by Gasteiger charge is 2.31. The van der Waals surface area contributed by atoms with Gasteiger partial charge in [-0.05, 0) is 48.9 Å². The van der Waals surface area contributed by atoms with E-state index in [0.717, 1.165) is 28.6 Å². The highest BCUT2D eigenvalue weighted by atomic mass is 32.2. The quantitative estimate of drug-likeness (QED) is 0.147. The second-order valence-electron chi connectivity index (χ2n) is 6.40. The molecule has 0 bridgehead atoms. The van der Waals surface area contributed by atoms with E-state index in [1.54, 1.807) is 19.1 Å². The summed E-state index contributed by atoms with van der Waals surface area (Å²) >= 11 is 0.987. The largest absolute Gasteiger partial charge is 0.573 e. The van der Waals surface area contributed by atoms with Gasteiger partial charge in [-0.15, -0.1) is 23.4 Å². The molecule has 0 saturated heterocycles. The van der Waals surface area contributed by atoms with E-state index in [1.807, 2.05) is 0 Å². The number of nitrogen functional groups attached to an aromatic ring is 1. The highest BCUT2D eigenvalue weighted by molar-refractivity contribution is 7.99. The van der Waals surface area contributed by atoms with Gasteiger partial charge in [-0.3, -0.25) is 4.79 Å². The first-order valence-corrected chi connectivity index (χ1v) is 10.1. The molecule has 33 heavy (non-hydrogen) atoms. The predicted octanol–water partition coefficient (Wildman–Crippen LogP) is 3.60. The van der Waals surface area contributed by atoms with Gasteiger partial charge in [0.15, 0.2) is 0 Å². The number of benzene rings is 2. The van der Waals surface area contributed by atoms with Crippen LogP contribution in [0.4, 0.5) is 29.2 Å². The van der Waals surface area contributed by atoms with E-state index in [4.69, 9.17) is 5.84 Å². The second-order valence-corrected chi connectivity index (χ2v) is 7.34. The Labute approximate surface area is 189 Å². The third-order valence-corrected chi connectivity index (χ3v) is 4.90. The summed E-state index contributed by atoms with van der Waals surface area (Å²) in [6, 6.07) is 10.5. The third kappa shape index (κ3) is 7.10. The summed E-state index contributed by atoms with van der Waals surface area (Å²) in [4.78, 5) is 12.1. The van der Waals surface area contributed by atoms with Crippen LogP contribution in [0.25, 0.3) is 0 Å². The molecule has 4 N–H and O–H groups in total. The van der Waals surface area contributed by atoms with Gasteiger partial charge in [-0.1, -0.05) is 23.9 Å². The van der Waals surface area contributed by atoms with E-state index in [2.05, 4.69) is 30.8 Å². The number of thioether (sulfide) groups is 1. The summed E-state index contributed by atoms with van der Waals surface area (Å²) in [5, 5.41) is 14.6. The van der Waals surface area contributed by atoms with Gasteiger partial charge in [0.1, 0.15) is 11.6 Å². The summed E-state index contributed by atoms with van der Waals surface area (Å²) in [5.41, 5.74) is 4.18. The molecule has 14 heteroatoms. The number of carbonyl (C=O) groups excluding carboxylic acids is 1. The predicted molar refractivity (Wildman–Crippen MR) is 115 cm³/mol. The molecule has 0 spiro atoms. The molecule has 0 fully saturated rings. The lowest BCUT2D eigenvalue weighted by atomic mass is 10.1. The van der Waals surface area contributed by atoms with Gasteiger partial charge in [-0.25, -0.2) is 14.5 Å². The van der Waals surface area contributed by atoms with Crippen LogP contribution < -0.4 is 21.3 Å². The van der Waals surface area contributed by atoms with Crippen molar-refractivity contribution in [3.8, 4) is 5.75 Å². The van der Waals surface area contributed by atoms with Crippen molar-refractivity contribution in [1.29, 1.82) is 0 Å². The van der Waals surface area contributed by atoms with Gasteiger partial charge in [0, 0.05) is 5.69 Å². The molecule has 3 rings (SSSR count). The number of anilines is 2. The van der Waals surface area contributed by atoms with Gasteiger partial charge in [0.05, 0.1) is 11.5 Å². The lowest BCUT2D eigenvalue weighted by molar-refractivity contribution is -0.274. The van der Waals surface area contributed by atoms with Crippen LogP contribution in [0, 0.1) is 5.82 Å². The second kappa shape index (κ2) is 10.2. The molecule has 1 aromatic heterocycles. The minimum atomic E-state index is -4.79. The molecule has 1 heterocycles. The zero-order valence-corrected chi connectivity index (χ0v) is 17.7. The number of halogens is 4. The Morgan fingerprint density at radius 2 is 1.82 bits per heavy atom. The smallest absolute Gasteiger partial charge is 0.406 e. The Balaban J connectivity index is 1.52. The van der Waals surface area contributed by atoms with E-state index < -0.39 is 18.0 Å². The van der Waals surface area contributed by atoms with E-state index in [0.29, 0.717) is 11.3 Å². The van der Waals surface area contributed by atoms with Crippen molar-refractivity contribution in [2.75, 3.05) is 22.3 Å². The average Bonchev–Trinajstić information content (AvgIpc) is 3.11. The normalized spacial score (nSPS) is 11.8. The molecule has 2 aromatic carbocycles. The van der Waals surface area contributed by atoms with Crippen molar-refractivity contribution in [2.24, 2.45) is 5.10 Å². The van der Waals surface area contributed by atoms with Crippen LogP contribution in [0.1, 0.15) is 12.5 Å². The summed E-state index contributed by atoms with van der Waals surface area (Å²) in [6.45, 7) is 1.71. The molecule has 0 aliphatic rings. The number of hydrazone groups is 1. The number of nitrogens with zero attached hydrogens (tertiary/aromatic N) is 4. The number of hydrogen-bond donors (Lipinski definition) is 3. The van der Waals surface area contributed by atoms with Crippen LogP contribution in [0.3, 0.4) is 0 Å². The van der Waals surface area contributed by atoms with Gasteiger partial charge in [-0.2, -0.15) is 5.10 Å². The molecule has 0 aliphatic heterocycles. The lowest BCUT2D eigenvalue weighted by Crippen LogP contribution is -2.18. The van der Waals surface area contributed by atoms with Crippen molar-refractivity contribution < 1.29 is 27.1 Å². The monoisotopic (exact) mass is 483 g/mol. The van der Waals surface area contributed by atoms with Gasteiger partial charge < -0.3 is 15.9 Å². The molecular weight excluding hydrogens is 466 g/mol.